The zero-order valence-electron chi connectivity index (χ0n) is 12.3. The quantitative estimate of drug-likeness (QED) is 0.811. The first-order valence-electron chi connectivity index (χ1n) is 7.45. The van der Waals surface area contributed by atoms with Crippen LogP contribution in [0, 0.1) is 5.92 Å². The maximum absolute atomic E-state index is 12.2. The third-order valence-electron chi connectivity index (χ3n) is 3.57. The summed E-state index contributed by atoms with van der Waals surface area (Å²) in [6.07, 6.45) is 3.37. The molecule has 1 fully saturated rings. The summed E-state index contributed by atoms with van der Waals surface area (Å²) >= 11 is 0. The van der Waals surface area contributed by atoms with E-state index in [0.717, 1.165) is 25.1 Å². The second-order valence-electron chi connectivity index (χ2n) is 5.55. The van der Waals surface area contributed by atoms with Gasteiger partial charge in [0.25, 0.3) is 0 Å². The van der Waals surface area contributed by atoms with Gasteiger partial charge in [-0.1, -0.05) is 19.1 Å². The lowest BCUT2D eigenvalue weighted by molar-refractivity contribution is 0.0696. The van der Waals surface area contributed by atoms with Gasteiger partial charge in [0.1, 0.15) is 0 Å². The molecule has 1 aromatic rings. The molecule has 114 valence electrons. The van der Waals surface area contributed by atoms with Gasteiger partial charge in [-0.2, -0.15) is 0 Å². The van der Waals surface area contributed by atoms with Crippen LogP contribution < -0.4 is 5.32 Å². The van der Waals surface area contributed by atoms with Gasteiger partial charge < -0.3 is 15.3 Å². The van der Waals surface area contributed by atoms with Crippen molar-refractivity contribution in [3.8, 4) is 0 Å². The Morgan fingerprint density at radius 2 is 2.14 bits per heavy atom. The first kappa shape index (κ1) is 15.4. The molecule has 1 aliphatic rings. The average molecular weight is 290 g/mol. The van der Waals surface area contributed by atoms with Crippen LogP contribution in [0.1, 0.15) is 42.1 Å². The number of hydrogen-bond acceptors (Lipinski definition) is 2. The average Bonchev–Trinajstić information content (AvgIpc) is 3.28. The SMILES string of the molecule is CCCN(CC1CC1)C(=O)NCc1cccc(C(=O)O)c1. The summed E-state index contributed by atoms with van der Waals surface area (Å²) in [5.41, 5.74) is 1.04. The highest BCUT2D eigenvalue weighted by molar-refractivity contribution is 5.87. The highest BCUT2D eigenvalue weighted by Gasteiger charge is 2.26. The van der Waals surface area contributed by atoms with E-state index in [1.54, 1.807) is 18.2 Å². The Labute approximate surface area is 125 Å². The van der Waals surface area contributed by atoms with Gasteiger partial charge in [0, 0.05) is 19.6 Å². The van der Waals surface area contributed by atoms with Crippen molar-refractivity contribution >= 4 is 12.0 Å². The van der Waals surface area contributed by atoms with Crippen LogP contribution in [0.5, 0.6) is 0 Å². The molecule has 0 aliphatic heterocycles. The van der Waals surface area contributed by atoms with E-state index in [0.29, 0.717) is 12.5 Å². The summed E-state index contributed by atoms with van der Waals surface area (Å²) in [5.74, 6) is -0.290. The van der Waals surface area contributed by atoms with E-state index in [9.17, 15) is 9.59 Å². The Hall–Kier alpha value is -2.04. The molecular weight excluding hydrogens is 268 g/mol. The number of carboxylic acid groups (broad SMARTS) is 1. The van der Waals surface area contributed by atoms with Crippen LogP contribution in [0.15, 0.2) is 24.3 Å². The minimum Gasteiger partial charge on any atom is -0.478 e. The second-order valence-corrected chi connectivity index (χ2v) is 5.55. The maximum atomic E-state index is 12.2. The topological polar surface area (TPSA) is 69.6 Å². The first-order chi connectivity index (χ1) is 10.1. The summed E-state index contributed by atoms with van der Waals surface area (Å²) < 4.78 is 0. The number of nitrogens with zero attached hydrogens (tertiary/aromatic N) is 1. The highest BCUT2D eigenvalue weighted by atomic mass is 16.4. The zero-order valence-corrected chi connectivity index (χ0v) is 12.3. The van der Waals surface area contributed by atoms with Gasteiger partial charge in [0.05, 0.1) is 5.56 Å². The number of aromatic carboxylic acids is 1. The summed E-state index contributed by atoms with van der Waals surface area (Å²) in [6, 6.07) is 6.58. The normalized spacial score (nSPS) is 13.8. The summed E-state index contributed by atoms with van der Waals surface area (Å²) in [7, 11) is 0. The number of carbonyl (C=O) groups is 2. The summed E-state index contributed by atoms with van der Waals surface area (Å²) in [5, 5.41) is 11.8. The standard InChI is InChI=1S/C16H22N2O3/c1-2-8-18(11-12-6-7-12)16(21)17-10-13-4-3-5-14(9-13)15(19)20/h3-5,9,12H,2,6-8,10-11H2,1H3,(H,17,21)(H,19,20). The molecule has 0 heterocycles. The van der Waals surface area contributed by atoms with Gasteiger partial charge in [-0.05, 0) is 42.9 Å². The van der Waals surface area contributed by atoms with Crippen LogP contribution in [-0.4, -0.2) is 35.1 Å². The van der Waals surface area contributed by atoms with Crippen LogP contribution in [0.4, 0.5) is 4.79 Å². The van der Waals surface area contributed by atoms with Crippen molar-refractivity contribution in [1.82, 2.24) is 10.2 Å². The molecule has 1 aromatic carbocycles. The number of rotatable bonds is 7. The molecule has 1 saturated carbocycles. The van der Waals surface area contributed by atoms with Gasteiger partial charge >= 0.3 is 12.0 Å². The van der Waals surface area contributed by atoms with Crippen molar-refractivity contribution in [1.29, 1.82) is 0 Å². The van der Waals surface area contributed by atoms with Crippen molar-refractivity contribution in [2.75, 3.05) is 13.1 Å². The number of carbonyl (C=O) groups excluding carboxylic acids is 1. The van der Waals surface area contributed by atoms with Gasteiger partial charge in [0.15, 0.2) is 0 Å². The van der Waals surface area contributed by atoms with E-state index in [1.807, 2.05) is 11.0 Å². The molecule has 5 nitrogen and oxygen atoms in total. The Kier molecular flexibility index (Phi) is 5.20. The third kappa shape index (κ3) is 4.77. The van der Waals surface area contributed by atoms with Crippen molar-refractivity contribution in [3.63, 3.8) is 0 Å². The van der Waals surface area contributed by atoms with Crippen LogP contribution in [0.2, 0.25) is 0 Å². The molecule has 2 N–H and O–H groups in total. The largest absolute Gasteiger partial charge is 0.478 e. The maximum Gasteiger partial charge on any atom is 0.335 e. The molecular formula is C16H22N2O3. The van der Waals surface area contributed by atoms with Gasteiger partial charge in [-0.15, -0.1) is 0 Å². The van der Waals surface area contributed by atoms with E-state index in [4.69, 9.17) is 5.11 Å². The molecule has 21 heavy (non-hydrogen) atoms. The Bertz CT molecular complexity index is 512. The van der Waals surface area contributed by atoms with E-state index in [1.165, 1.54) is 12.8 Å². The fraction of sp³-hybridized carbons (Fsp3) is 0.500. The minimum absolute atomic E-state index is 0.0653. The monoisotopic (exact) mass is 290 g/mol. The van der Waals surface area contributed by atoms with Gasteiger partial charge in [-0.25, -0.2) is 9.59 Å². The molecule has 0 saturated heterocycles. The van der Waals surface area contributed by atoms with Crippen molar-refractivity contribution in [2.24, 2.45) is 5.92 Å². The predicted molar refractivity (Wildman–Crippen MR) is 80.2 cm³/mol. The minimum atomic E-state index is -0.954. The third-order valence-corrected chi connectivity index (χ3v) is 3.57. The lowest BCUT2D eigenvalue weighted by atomic mass is 10.1. The van der Waals surface area contributed by atoms with E-state index >= 15 is 0 Å². The fourth-order valence-electron chi connectivity index (χ4n) is 2.26. The number of nitrogens with one attached hydrogen (secondary N) is 1. The van der Waals surface area contributed by atoms with E-state index in [2.05, 4.69) is 12.2 Å². The number of amides is 2. The molecule has 0 spiro atoms. The van der Waals surface area contributed by atoms with Crippen molar-refractivity contribution < 1.29 is 14.7 Å². The molecule has 2 amide bonds. The molecule has 5 heteroatoms. The highest BCUT2D eigenvalue weighted by Crippen LogP contribution is 2.29. The lowest BCUT2D eigenvalue weighted by Gasteiger charge is -2.22. The molecule has 0 atom stereocenters. The smallest absolute Gasteiger partial charge is 0.335 e. The molecule has 0 aromatic heterocycles. The number of urea groups is 1. The van der Waals surface area contributed by atoms with Crippen LogP contribution in [0.3, 0.4) is 0 Å². The van der Waals surface area contributed by atoms with Crippen molar-refractivity contribution in [2.45, 2.75) is 32.7 Å². The predicted octanol–water partition coefficient (Wildman–Crippen LogP) is 2.72. The van der Waals surface area contributed by atoms with Crippen LogP contribution in [0.25, 0.3) is 0 Å². The number of carboxylic acids is 1. The molecule has 0 bridgehead atoms. The summed E-state index contributed by atoms with van der Waals surface area (Å²) in [6.45, 7) is 4.00. The molecule has 2 rings (SSSR count). The Balaban J connectivity index is 1.89. The first-order valence-corrected chi connectivity index (χ1v) is 7.45. The number of benzene rings is 1. The van der Waals surface area contributed by atoms with Crippen molar-refractivity contribution in [3.05, 3.63) is 35.4 Å². The van der Waals surface area contributed by atoms with Gasteiger partial charge in [-0.3, -0.25) is 0 Å². The molecule has 1 aliphatic carbocycles. The van der Waals surface area contributed by atoms with Crippen LogP contribution in [-0.2, 0) is 6.54 Å². The Morgan fingerprint density at radius 1 is 1.38 bits per heavy atom. The van der Waals surface area contributed by atoms with E-state index < -0.39 is 5.97 Å². The fourth-order valence-corrected chi connectivity index (χ4v) is 2.26. The van der Waals surface area contributed by atoms with Gasteiger partial charge in [0.2, 0.25) is 0 Å². The molecule has 0 radical (unpaired) electrons. The van der Waals surface area contributed by atoms with E-state index in [-0.39, 0.29) is 11.6 Å². The second kappa shape index (κ2) is 7.11. The lowest BCUT2D eigenvalue weighted by Crippen LogP contribution is -2.41. The number of hydrogen-bond donors (Lipinski definition) is 2. The molecule has 0 unspecified atom stereocenters. The zero-order chi connectivity index (χ0) is 15.2. The Morgan fingerprint density at radius 3 is 2.76 bits per heavy atom. The summed E-state index contributed by atoms with van der Waals surface area (Å²) in [4.78, 5) is 25.0. The van der Waals surface area contributed by atoms with Crippen LogP contribution >= 0.6 is 0 Å².